The predicted molar refractivity (Wildman–Crippen MR) is 94.3 cm³/mol. The van der Waals surface area contributed by atoms with Gasteiger partial charge < -0.3 is 28.8 Å². The highest BCUT2D eigenvalue weighted by molar-refractivity contribution is 6.03. The summed E-state index contributed by atoms with van der Waals surface area (Å²) < 4.78 is 21.3. The van der Waals surface area contributed by atoms with Crippen molar-refractivity contribution in [2.75, 3.05) is 30.4 Å². The van der Waals surface area contributed by atoms with Gasteiger partial charge in [0.2, 0.25) is 5.76 Å². The number of benzene rings is 1. The van der Waals surface area contributed by atoms with Gasteiger partial charge in [-0.2, -0.15) is 4.98 Å². The van der Waals surface area contributed by atoms with Crippen LogP contribution in [0.25, 0.3) is 11.1 Å². The molecule has 0 aliphatic carbocycles. The second-order valence-corrected chi connectivity index (χ2v) is 6.06. The van der Waals surface area contributed by atoms with E-state index < -0.39 is 5.91 Å². The molecule has 8 heteroatoms. The Morgan fingerprint density at radius 3 is 2.88 bits per heavy atom. The Labute approximate surface area is 150 Å². The van der Waals surface area contributed by atoms with Crippen molar-refractivity contribution in [3.8, 4) is 0 Å². The number of oxazole rings is 1. The summed E-state index contributed by atoms with van der Waals surface area (Å²) in [7, 11) is 1.74. The molecule has 0 radical (unpaired) electrons. The van der Waals surface area contributed by atoms with E-state index in [1.165, 1.54) is 18.8 Å². The Hall–Kier alpha value is -3.00. The van der Waals surface area contributed by atoms with Gasteiger partial charge in [-0.15, -0.1) is 0 Å². The molecular formula is C18H19N3O5. The predicted octanol–water partition coefficient (Wildman–Crippen LogP) is 2.74. The van der Waals surface area contributed by atoms with Crippen molar-refractivity contribution in [3.05, 3.63) is 42.7 Å². The number of carbonyl (C=O) groups excluding carboxylic acids is 1. The first-order valence-electron chi connectivity index (χ1n) is 8.40. The number of carbonyl (C=O) groups is 1. The van der Waals surface area contributed by atoms with Gasteiger partial charge in [0.1, 0.15) is 24.3 Å². The molecular weight excluding hydrogens is 338 g/mol. The number of fused-ring (bicyclic) bond motifs is 1. The van der Waals surface area contributed by atoms with Crippen LogP contribution in [-0.2, 0) is 19.0 Å². The Bertz CT molecular complexity index is 865. The summed E-state index contributed by atoms with van der Waals surface area (Å²) >= 11 is 0. The average molecular weight is 357 g/mol. The second-order valence-electron chi connectivity index (χ2n) is 6.06. The van der Waals surface area contributed by atoms with Crippen LogP contribution in [-0.4, -0.2) is 37.2 Å². The molecule has 26 heavy (non-hydrogen) atoms. The van der Waals surface area contributed by atoms with Gasteiger partial charge in [0, 0.05) is 25.9 Å². The fourth-order valence-electron chi connectivity index (χ4n) is 2.97. The second kappa shape index (κ2) is 7.09. The van der Waals surface area contributed by atoms with Gasteiger partial charge in [0.05, 0.1) is 6.10 Å². The number of nitrogens with one attached hydrogen (secondary N) is 1. The molecule has 0 unspecified atom stereocenters. The zero-order chi connectivity index (χ0) is 17.9. The molecule has 2 aromatic rings. The molecule has 1 aromatic carbocycles. The van der Waals surface area contributed by atoms with Gasteiger partial charge in [-0.05, 0) is 31.0 Å². The van der Waals surface area contributed by atoms with Crippen molar-refractivity contribution in [1.82, 2.24) is 4.98 Å². The van der Waals surface area contributed by atoms with E-state index in [0.29, 0.717) is 28.9 Å². The standard InChI is InChI=1S/C18H19N3O5/c1-23-13-4-6-21(7-5-13)18-20-14-10-12(2-3-15(14)26-18)19-17(22)16-11-24-8-9-25-16/h2-3,8-11,13H,4-7H2,1H3,(H,19,22). The molecule has 0 spiro atoms. The van der Waals surface area contributed by atoms with E-state index in [9.17, 15) is 4.79 Å². The summed E-state index contributed by atoms with van der Waals surface area (Å²) in [6, 6.07) is 5.90. The average Bonchev–Trinajstić information content (AvgIpc) is 3.12. The number of nitrogens with zero attached hydrogens (tertiary/aromatic N) is 2. The van der Waals surface area contributed by atoms with E-state index in [-0.39, 0.29) is 5.76 Å². The molecule has 1 fully saturated rings. The molecule has 0 bridgehead atoms. The molecule has 1 aromatic heterocycles. The molecule has 1 amide bonds. The quantitative estimate of drug-likeness (QED) is 0.900. The Morgan fingerprint density at radius 1 is 1.31 bits per heavy atom. The van der Waals surface area contributed by atoms with Crippen molar-refractivity contribution < 1.29 is 23.4 Å². The van der Waals surface area contributed by atoms with Crippen LogP contribution < -0.4 is 10.2 Å². The molecule has 0 saturated carbocycles. The van der Waals surface area contributed by atoms with Crippen molar-refractivity contribution in [2.45, 2.75) is 18.9 Å². The molecule has 1 saturated heterocycles. The van der Waals surface area contributed by atoms with Gasteiger partial charge in [-0.3, -0.25) is 4.79 Å². The van der Waals surface area contributed by atoms with E-state index in [4.69, 9.17) is 18.6 Å². The number of hydrogen-bond acceptors (Lipinski definition) is 7. The summed E-state index contributed by atoms with van der Waals surface area (Å²) in [6.45, 7) is 1.68. The summed E-state index contributed by atoms with van der Waals surface area (Å²) in [5.74, 6) is -0.325. The van der Waals surface area contributed by atoms with Gasteiger partial charge in [-0.25, -0.2) is 0 Å². The van der Waals surface area contributed by atoms with Crippen LogP contribution in [0.1, 0.15) is 12.8 Å². The highest BCUT2D eigenvalue weighted by Gasteiger charge is 2.22. The first-order valence-corrected chi connectivity index (χ1v) is 8.40. The monoisotopic (exact) mass is 357 g/mol. The molecule has 136 valence electrons. The summed E-state index contributed by atoms with van der Waals surface area (Å²) in [6.07, 6.45) is 6.08. The lowest BCUT2D eigenvalue weighted by atomic mass is 10.1. The minimum absolute atomic E-state index is 0.0782. The van der Waals surface area contributed by atoms with Crippen LogP contribution in [0.4, 0.5) is 11.7 Å². The highest BCUT2D eigenvalue weighted by atomic mass is 16.5. The van der Waals surface area contributed by atoms with Crippen molar-refractivity contribution in [2.24, 2.45) is 0 Å². The molecule has 3 heterocycles. The van der Waals surface area contributed by atoms with E-state index >= 15 is 0 Å². The minimum atomic E-state index is -0.404. The number of rotatable bonds is 4. The number of piperidine rings is 1. The van der Waals surface area contributed by atoms with Crippen LogP contribution in [0.15, 0.2) is 47.2 Å². The number of hydrogen-bond donors (Lipinski definition) is 1. The van der Waals surface area contributed by atoms with E-state index in [1.807, 2.05) is 0 Å². The Balaban J connectivity index is 1.47. The summed E-state index contributed by atoms with van der Waals surface area (Å²) in [5.41, 5.74) is 1.95. The maximum atomic E-state index is 12.1. The lowest BCUT2D eigenvalue weighted by Crippen LogP contribution is -2.36. The van der Waals surface area contributed by atoms with Crippen molar-refractivity contribution >= 4 is 28.7 Å². The minimum Gasteiger partial charge on any atom is -0.465 e. The zero-order valence-corrected chi connectivity index (χ0v) is 14.3. The van der Waals surface area contributed by atoms with Crippen LogP contribution in [0.5, 0.6) is 0 Å². The molecule has 1 N–H and O–H groups in total. The third-order valence-electron chi connectivity index (χ3n) is 4.41. The number of aromatic nitrogens is 1. The molecule has 4 rings (SSSR count). The van der Waals surface area contributed by atoms with E-state index in [2.05, 4.69) is 15.2 Å². The van der Waals surface area contributed by atoms with Crippen molar-refractivity contribution in [1.29, 1.82) is 0 Å². The topological polar surface area (TPSA) is 86.1 Å². The first-order chi connectivity index (χ1) is 12.7. The zero-order valence-electron chi connectivity index (χ0n) is 14.3. The smallest absolute Gasteiger partial charge is 0.298 e. The maximum absolute atomic E-state index is 12.1. The third-order valence-corrected chi connectivity index (χ3v) is 4.41. The Morgan fingerprint density at radius 2 is 2.15 bits per heavy atom. The fraction of sp³-hybridized carbons (Fsp3) is 0.333. The van der Waals surface area contributed by atoms with Crippen LogP contribution in [0, 0.1) is 0 Å². The SMILES string of the molecule is COC1CCN(c2nc3cc(NC(=O)C4=COC=CO4)ccc3o2)CC1. The van der Waals surface area contributed by atoms with Gasteiger partial charge in [-0.1, -0.05) is 0 Å². The van der Waals surface area contributed by atoms with E-state index in [0.717, 1.165) is 25.9 Å². The lowest BCUT2D eigenvalue weighted by Gasteiger charge is -2.29. The maximum Gasteiger partial charge on any atom is 0.298 e. The van der Waals surface area contributed by atoms with Gasteiger partial charge >= 0.3 is 0 Å². The normalized spacial score (nSPS) is 17.6. The largest absolute Gasteiger partial charge is 0.465 e. The fourth-order valence-corrected chi connectivity index (χ4v) is 2.97. The number of methoxy groups -OCH3 is 1. The third kappa shape index (κ3) is 3.36. The van der Waals surface area contributed by atoms with Crippen LogP contribution >= 0.6 is 0 Å². The first kappa shape index (κ1) is 16.5. The number of amides is 1. The molecule has 2 aliphatic rings. The number of anilines is 2. The number of ether oxygens (including phenoxy) is 3. The molecule has 2 aliphatic heterocycles. The Kier molecular flexibility index (Phi) is 4.49. The lowest BCUT2D eigenvalue weighted by molar-refractivity contribution is -0.115. The summed E-state index contributed by atoms with van der Waals surface area (Å²) in [4.78, 5) is 18.8. The molecule has 8 nitrogen and oxygen atoms in total. The van der Waals surface area contributed by atoms with Gasteiger partial charge in [0.25, 0.3) is 11.9 Å². The summed E-state index contributed by atoms with van der Waals surface area (Å²) in [5, 5.41) is 2.75. The van der Waals surface area contributed by atoms with Crippen LogP contribution in [0.3, 0.4) is 0 Å². The van der Waals surface area contributed by atoms with Gasteiger partial charge in [0.15, 0.2) is 5.58 Å². The molecule has 0 atom stereocenters. The highest BCUT2D eigenvalue weighted by Crippen LogP contribution is 2.27. The van der Waals surface area contributed by atoms with Crippen molar-refractivity contribution in [3.63, 3.8) is 0 Å². The van der Waals surface area contributed by atoms with Crippen LogP contribution in [0.2, 0.25) is 0 Å². The van der Waals surface area contributed by atoms with E-state index in [1.54, 1.807) is 25.3 Å².